The molecule has 0 amide bonds. The molecule has 0 spiro atoms. The van der Waals surface area contributed by atoms with E-state index in [-0.39, 0.29) is 32.0 Å². The third kappa shape index (κ3) is 64.2. The van der Waals surface area contributed by atoms with Gasteiger partial charge in [-0.15, -0.1) is 0 Å². The lowest BCUT2D eigenvalue weighted by molar-refractivity contribution is -0.870. The van der Waals surface area contributed by atoms with Crippen LogP contribution in [0.3, 0.4) is 0 Å². The normalized spacial score (nSPS) is 13.7. The lowest BCUT2D eigenvalue weighted by Crippen LogP contribution is -2.37. The van der Waals surface area contributed by atoms with Crippen LogP contribution in [0.2, 0.25) is 0 Å². The molecule has 0 aromatic carbocycles. The summed E-state index contributed by atoms with van der Waals surface area (Å²) in [5.74, 6) is -0.824. The van der Waals surface area contributed by atoms with Gasteiger partial charge in [0.2, 0.25) is 0 Å². The minimum Gasteiger partial charge on any atom is -0.756 e. The number of unbranched alkanes of at least 4 members (excludes halogenated alkanes) is 32. The molecule has 79 heavy (non-hydrogen) atoms. The van der Waals surface area contributed by atoms with Crippen molar-refractivity contribution in [2.75, 3.05) is 47.5 Å². The number of allylic oxidation sites excluding steroid dienone is 14. The summed E-state index contributed by atoms with van der Waals surface area (Å²) in [4.78, 5) is 38.0. The first kappa shape index (κ1) is 76.2. The Morgan fingerprint density at radius 3 is 1.08 bits per heavy atom. The van der Waals surface area contributed by atoms with Gasteiger partial charge in [0.05, 0.1) is 27.7 Å². The third-order valence-corrected chi connectivity index (χ3v) is 15.1. The largest absolute Gasteiger partial charge is 0.756 e. The molecule has 0 rings (SSSR count). The Balaban J connectivity index is 4.06. The molecule has 0 saturated carbocycles. The first-order chi connectivity index (χ1) is 38.5. The van der Waals surface area contributed by atoms with Crippen molar-refractivity contribution < 1.29 is 42.1 Å². The summed E-state index contributed by atoms with van der Waals surface area (Å²) in [6.45, 7) is 4.16. The maximum absolute atomic E-state index is 12.8. The quantitative estimate of drug-likeness (QED) is 0.0195. The van der Waals surface area contributed by atoms with Crippen LogP contribution in [-0.2, 0) is 32.7 Å². The van der Waals surface area contributed by atoms with E-state index in [9.17, 15) is 19.0 Å². The van der Waals surface area contributed by atoms with E-state index in [0.29, 0.717) is 17.4 Å². The zero-order valence-electron chi connectivity index (χ0n) is 52.1. The molecule has 0 radical (unpaired) electrons. The Bertz CT molecular complexity index is 1610. The van der Waals surface area contributed by atoms with Crippen molar-refractivity contribution in [3.63, 3.8) is 0 Å². The second kappa shape index (κ2) is 59.8. The second-order valence-corrected chi connectivity index (χ2v) is 24.5. The summed E-state index contributed by atoms with van der Waals surface area (Å²) in [6, 6.07) is 0. The fraction of sp³-hybridized carbons (Fsp3) is 0.768. The van der Waals surface area contributed by atoms with Crippen LogP contribution >= 0.6 is 7.82 Å². The van der Waals surface area contributed by atoms with Gasteiger partial charge in [-0.1, -0.05) is 292 Å². The topological polar surface area (TPSA) is 111 Å². The molecule has 0 fully saturated rings. The molecular formula is C69H124NO8P. The van der Waals surface area contributed by atoms with Crippen LogP contribution in [0.25, 0.3) is 0 Å². The van der Waals surface area contributed by atoms with Gasteiger partial charge < -0.3 is 27.9 Å². The van der Waals surface area contributed by atoms with Gasteiger partial charge in [0, 0.05) is 12.8 Å². The van der Waals surface area contributed by atoms with Crippen LogP contribution in [-0.4, -0.2) is 70.0 Å². The number of hydrogen-bond donors (Lipinski definition) is 0. The van der Waals surface area contributed by atoms with Crippen molar-refractivity contribution >= 4 is 19.8 Å². The number of likely N-dealkylation sites (N-methyl/N-ethyl adjacent to an activating group) is 1. The Morgan fingerprint density at radius 1 is 0.405 bits per heavy atom. The molecule has 2 atom stereocenters. The Morgan fingerprint density at radius 2 is 0.722 bits per heavy atom. The predicted octanol–water partition coefficient (Wildman–Crippen LogP) is 20.4. The van der Waals surface area contributed by atoms with Gasteiger partial charge in [-0.2, -0.15) is 0 Å². The zero-order chi connectivity index (χ0) is 57.7. The van der Waals surface area contributed by atoms with Crippen LogP contribution in [0.4, 0.5) is 0 Å². The highest BCUT2D eigenvalue weighted by Crippen LogP contribution is 2.38. The Hall–Kier alpha value is -2.81. The zero-order valence-corrected chi connectivity index (χ0v) is 52.9. The number of phosphoric acid groups is 1. The fourth-order valence-electron chi connectivity index (χ4n) is 9.17. The van der Waals surface area contributed by atoms with E-state index >= 15 is 0 Å². The SMILES string of the molecule is CC/C=C\C/C=C\C/C=C\C/C=C\C/C=C\C/C=C\C/C=C\CCCCCCCCCCCCCCCC(=O)OC(COC(=O)CCCCCCCCCCCCCCCCCCCCCC)COP(=O)([O-])OCC[N+](C)(C)C. The lowest BCUT2D eigenvalue weighted by Gasteiger charge is -2.28. The number of nitrogens with zero attached hydrogens (tertiary/aromatic N) is 1. The average molecular weight is 1130 g/mol. The van der Waals surface area contributed by atoms with Crippen LogP contribution < -0.4 is 4.89 Å². The second-order valence-electron chi connectivity index (χ2n) is 23.1. The van der Waals surface area contributed by atoms with Gasteiger partial charge in [-0.05, 0) is 70.6 Å². The molecule has 0 bridgehead atoms. The first-order valence-corrected chi connectivity index (χ1v) is 34.3. The molecule has 0 saturated heterocycles. The number of carbonyl (C=O) groups is 2. The van der Waals surface area contributed by atoms with Gasteiger partial charge >= 0.3 is 11.9 Å². The molecule has 0 aromatic heterocycles. The summed E-state index contributed by atoms with van der Waals surface area (Å²) in [7, 11) is 1.17. The van der Waals surface area contributed by atoms with E-state index < -0.39 is 26.5 Å². The predicted molar refractivity (Wildman–Crippen MR) is 337 cm³/mol. The number of carbonyl (C=O) groups excluding carboxylic acids is 2. The highest BCUT2D eigenvalue weighted by atomic mass is 31.2. The molecule has 2 unspecified atom stereocenters. The number of ether oxygens (including phenoxy) is 2. The summed E-state index contributed by atoms with van der Waals surface area (Å²) in [5.41, 5.74) is 0. The van der Waals surface area contributed by atoms with Crippen molar-refractivity contribution in [2.24, 2.45) is 0 Å². The molecular weight excluding hydrogens is 1000 g/mol. The van der Waals surface area contributed by atoms with Crippen molar-refractivity contribution in [2.45, 2.75) is 296 Å². The lowest BCUT2D eigenvalue weighted by atomic mass is 10.0. The van der Waals surface area contributed by atoms with E-state index in [0.717, 1.165) is 83.5 Å². The number of esters is 2. The standard InChI is InChI=1S/C69H124NO8P/c1-6-8-10-12-14-16-18-20-22-24-26-28-29-30-31-32-33-34-35-36-37-38-39-40-41-42-44-46-48-50-52-54-56-58-60-62-69(72)78-67(66-77-79(73,74)76-64-63-70(3,4)5)65-75-68(71)61-59-57-55-53-51-49-47-45-43-27-25-23-21-19-17-15-13-11-9-7-2/h8,10,14,16,20,22,26,28,30-31,33-34,36-37,67H,6-7,9,11-13,15,17-19,21,23-25,27,29,32,35,38-66H2,1-5H3/b10-8-,16-14-,22-20-,28-26-,31-30-,34-33-,37-36-. The molecule has 10 heteroatoms. The maximum Gasteiger partial charge on any atom is 0.306 e. The van der Waals surface area contributed by atoms with Crippen molar-refractivity contribution in [1.82, 2.24) is 0 Å². The molecule has 0 N–H and O–H groups in total. The Labute approximate surface area is 488 Å². The van der Waals surface area contributed by atoms with Crippen molar-refractivity contribution in [1.29, 1.82) is 0 Å². The van der Waals surface area contributed by atoms with Gasteiger partial charge in [-0.3, -0.25) is 14.2 Å². The number of rotatable bonds is 60. The van der Waals surface area contributed by atoms with Gasteiger partial charge in [0.25, 0.3) is 7.82 Å². The summed E-state index contributed by atoms with van der Waals surface area (Å²) < 4.78 is 34.3. The molecule has 0 aliphatic heterocycles. The molecule has 0 aliphatic carbocycles. The van der Waals surface area contributed by atoms with Gasteiger partial charge in [0.15, 0.2) is 6.10 Å². The van der Waals surface area contributed by atoms with Crippen LogP contribution in [0.1, 0.15) is 290 Å². The minimum absolute atomic E-state index is 0.0318. The average Bonchev–Trinajstić information content (AvgIpc) is 3.41. The van der Waals surface area contributed by atoms with Crippen molar-refractivity contribution in [3.8, 4) is 0 Å². The van der Waals surface area contributed by atoms with Crippen LogP contribution in [0.5, 0.6) is 0 Å². The highest BCUT2D eigenvalue weighted by molar-refractivity contribution is 7.45. The van der Waals surface area contributed by atoms with Gasteiger partial charge in [0.1, 0.15) is 19.8 Å². The van der Waals surface area contributed by atoms with Gasteiger partial charge in [-0.25, -0.2) is 0 Å². The van der Waals surface area contributed by atoms with E-state index in [4.69, 9.17) is 18.5 Å². The molecule has 0 aliphatic rings. The summed E-state index contributed by atoms with van der Waals surface area (Å²) >= 11 is 0. The monoisotopic (exact) mass is 1130 g/mol. The van der Waals surface area contributed by atoms with E-state index in [1.807, 2.05) is 21.1 Å². The first-order valence-electron chi connectivity index (χ1n) is 32.8. The summed E-state index contributed by atoms with van der Waals surface area (Å²) in [6.07, 6.45) is 80.7. The third-order valence-electron chi connectivity index (χ3n) is 14.2. The number of quaternary nitrogens is 1. The minimum atomic E-state index is -4.64. The summed E-state index contributed by atoms with van der Waals surface area (Å²) in [5, 5.41) is 0. The van der Waals surface area contributed by atoms with Crippen molar-refractivity contribution in [3.05, 3.63) is 85.1 Å². The number of phosphoric ester groups is 1. The smallest absolute Gasteiger partial charge is 0.306 e. The van der Waals surface area contributed by atoms with E-state index in [1.54, 1.807) is 0 Å². The van der Waals surface area contributed by atoms with Crippen LogP contribution in [0.15, 0.2) is 85.1 Å². The molecule has 0 heterocycles. The number of hydrogen-bond acceptors (Lipinski definition) is 8. The molecule has 458 valence electrons. The van der Waals surface area contributed by atoms with Crippen LogP contribution in [0, 0.1) is 0 Å². The highest BCUT2D eigenvalue weighted by Gasteiger charge is 2.22. The van der Waals surface area contributed by atoms with E-state index in [2.05, 4.69) is 98.9 Å². The fourth-order valence-corrected chi connectivity index (χ4v) is 9.90. The van der Waals surface area contributed by atoms with E-state index in [1.165, 1.54) is 173 Å². The Kier molecular flexibility index (Phi) is 57.7. The molecule has 0 aromatic rings. The maximum atomic E-state index is 12.8. The molecule has 9 nitrogen and oxygen atoms in total.